The number of nitrogens with one attached hydrogen (secondary N) is 2. The van der Waals surface area contributed by atoms with Crippen molar-refractivity contribution in [1.82, 2.24) is 0 Å². The van der Waals surface area contributed by atoms with Crippen LogP contribution in [0.2, 0.25) is 5.02 Å². The predicted octanol–water partition coefficient (Wildman–Crippen LogP) is 11.8. The predicted molar refractivity (Wildman–Crippen MR) is 265 cm³/mol. The van der Waals surface area contributed by atoms with Gasteiger partial charge in [-0.25, -0.2) is 10.1 Å². The number of halogens is 1. The number of rotatable bonds is 27. The van der Waals surface area contributed by atoms with Crippen molar-refractivity contribution in [3.8, 4) is 17.2 Å². The Bertz CT molecular complexity index is 2830. The third-order valence-corrected chi connectivity index (χ3v) is 12.3. The first-order chi connectivity index (χ1) is 34.0. The van der Waals surface area contributed by atoms with Crippen molar-refractivity contribution >= 4 is 96.8 Å². The van der Waals surface area contributed by atoms with Gasteiger partial charge in [-0.05, 0) is 96.7 Å². The number of esters is 2. The number of Topliss-reactive ketones (excluding diaryl/α,β-unsaturated/α-hetero) is 1. The van der Waals surface area contributed by atoms with Gasteiger partial charge in [0.1, 0.15) is 17.2 Å². The molecule has 1 atom stereocenters. The minimum atomic E-state index is -4.82. The zero-order chi connectivity index (χ0) is 51.5. The third-order valence-electron chi connectivity index (χ3n) is 10.5. The highest BCUT2D eigenvalue weighted by Crippen LogP contribution is 2.48. The molecule has 0 saturated heterocycles. The van der Waals surface area contributed by atoms with Crippen molar-refractivity contribution in [3.05, 3.63) is 101 Å². The van der Waals surface area contributed by atoms with E-state index in [1.54, 1.807) is 0 Å². The van der Waals surface area contributed by atoms with Gasteiger partial charge in [0.25, 0.3) is 16.0 Å². The van der Waals surface area contributed by atoms with E-state index in [0.29, 0.717) is 24.2 Å². The van der Waals surface area contributed by atoms with Crippen LogP contribution in [0, 0.1) is 0 Å². The third kappa shape index (κ3) is 16.6. The van der Waals surface area contributed by atoms with Crippen molar-refractivity contribution < 1.29 is 70.5 Å². The Hall–Kier alpha value is -6.46. The number of methoxy groups -OCH3 is 1. The molecule has 5 aromatic carbocycles. The first-order valence-corrected chi connectivity index (χ1v) is 25.0. The summed E-state index contributed by atoms with van der Waals surface area (Å²) in [6.07, 6.45) is 9.47. The van der Waals surface area contributed by atoms with Crippen molar-refractivity contribution in [2.75, 3.05) is 24.4 Å². The lowest BCUT2D eigenvalue weighted by Crippen LogP contribution is -2.40. The van der Waals surface area contributed by atoms with E-state index >= 15 is 0 Å². The Morgan fingerprint density at radius 3 is 2.00 bits per heavy atom. The minimum Gasteiger partial charge on any atom is -0.497 e. The lowest BCUT2D eigenvalue weighted by Gasteiger charge is -2.19. The second-order valence-corrected chi connectivity index (χ2v) is 18.5. The highest BCUT2D eigenvalue weighted by atomic mass is 35.5. The number of nitrogens with zero attached hydrogens (tertiary/aromatic N) is 2. The minimum absolute atomic E-state index is 0.000288. The average molecular weight is 1040 g/mol. The first-order valence-electron chi connectivity index (χ1n) is 22.4. The van der Waals surface area contributed by atoms with Crippen LogP contribution in [0.25, 0.3) is 10.8 Å². The van der Waals surface area contributed by atoms with Gasteiger partial charge in [0.2, 0.25) is 17.8 Å². The van der Waals surface area contributed by atoms with Crippen molar-refractivity contribution in [2.24, 2.45) is 10.2 Å². The van der Waals surface area contributed by atoms with Gasteiger partial charge in [-0.2, -0.15) is 13.5 Å². The number of amides is 2. The smallest absolute Gasteiger partial charge is 0.338 e. The average Bonchev–Trinajstić information content (AvgIpc) is 3.33. The number of carbonyl (C=O) groups is 5. The van der Waals surface area contributed by atoms with Gasteiger partial charge in [0, 0.05) is 19.4 Å². The van der Waals surface area contributed by atoms with Crippen LogP contribution in [0.4, 0.5) is 22.7 Å². The maximum Gasteiger partial charge on any atom is 0.338 e. The summed E-state index contributed by atoms with van der Waals surface area (Å²) in [7, 11) is -3.36. The Morgan fingerprint density at radius 1 is 0.761 bits per heavy atom. The summed E-state index contributed by atoms with van der Waals surface area (Å²) in [5.74, 6) is -3.66. The van der Waals surface area contributed by atoms with Gasteiger partial charge in [-0.3, -0.25) is 23.7 Å². The van der Waals surface area contributed by atoms with E-state index in [4.69, 9.17) is 35.8 Å². The number of fused-ring (bicyclic) bond motifs is 1. The van der Waals surface area contributed by atoms with Crippen molar-refractivity contribution in [3.63, 3.8) is 0 Å². The number of anilines is 2. The van der Waals surface area contributed by atoms with Crippen LogP contribution in [0.3, 0.4) is 0 Å². The van der Waals surface area contributed by atoms with Crippen LogP contribution in [-0.4, -0.2) is 67.6 Å². The number of unbranched alkanes of at least 4 members (excludes halogenated alkanes) is 9. The lowest BCUT2D eigenvalue weighted by atomic mass is 10.0. The van der Waals surface area contributed by atoms with Gasteiger partial charge >= 0.3 is 11.9 Å². The number of ether oxygens (including phenoxy) is 4. The first kappa shape index (κ1) is 55.5. The summed E-state index contributed by atoms with van der Waals surface area (Å²) in [5, 5.41) is 26.3. The summed E-state index contributed by atoms with van der Waals surface area (Å²) < 4.78 is 61.1. The fourth-order valence-electron chi connectivity index (χ4n) is 7.09. The van der Waals surface area contributed by atoms with Crippen LogP contribution in [0.1, 0.15) is 106 Å². The number of azo groups is 1. The maximum atomic E-state index is 14.0. The molecule has 0 saturated carbocycles. The van der Waals surface area contributed by atoms with Crippen LogP contribution >= 0.6 is 23.6 Å². The topological polar surface area (TPSA) is 264 Å². The molecule has 378 valence electrons. The number of hydrogen-bond donors (Lipinski definition) is 4. The molecule has 0 radical (unpaired) electrons. The van der Waals surface area contributed by atoms with Gasteiger partial charge < -0.3 is 29.6 Å². The van der Waals surface area contributed by atoms with Crippen LogP contribution < -0.4 is 24.8 Å². The SMILES string of the molecule is CCCCCCCCCCCCOC(=O)c1ccc(Cl)c(NC(=O)C(Oc2ccc(N=Nc3c(SOOO)cc4cc(S(=O)(=O)O)cc(NC(C)=O)c4c3OC(C)=O)cc2)C(=O)c2ccc(OC)cc2)c1. The van der Waals surface area contributed by atoms with Crippen molar-refractivity contribution in [2.45, 2.75) is 101 Å². The Balaban J connectivity index is 1.39. The molecule has 5 rings (SSSR count). The van der Waals surface area contributed by atoms with Gasteiger partial charge in [0.05, 0.1) is 68.6 Å². The normalized spacial score (nSPS) is 11.8. The molecule has 0 aliphatic heterocycles. The van der Waals surface area contributed by atoms with Crippen LogP contribution in [0.15, 0.2) is 105 Å². The van der Waals surface area contributed by atoms with E-state index < -0.39 is 50.7 Å². The standard InChI is InChI=1S/C49H53ClN4O15S2/c1-5-6-7-8-9-10-11-12-13-14-25-65-49(59)33-17-24-39(50)40(27-33)52-48(58)47(45(57)32-15-20-36(64-4)21-16-32)67-37-22-18-35(19-23-37)53-54-44-42(70-69-68-60)28-34-26-38(71(61,62)63)29-41(51-30(2)55)43(34)46(44)66-31(3)56/h15-24,26-29,47,60H,5-14,25H2,1-4H3,(H,51,55)(H,52,58)(H,61,62,63). The summed E-state index contributed by atoms with van der Waals surface area (Å²) in [6, 6.07) is 19.1. The molecule has 1 unspecified atom stereocenters. The Labute approximate surface area is 419 Å². The highest BCUT2D eigenvalue weighted by Gasteiger charge is 2.31. The number of ketones is 1. The maximum absolute atomic E-state index is 14.0. The highest BCUT2D eigenvalue weighted by molar-refractivity contribution is 7.94. The molecule has 0 aliphatic rings. The molecule has 2 amide bonds. The zero-order valence-corrected chi connectivity index (χ0v) is 41.6. The molecule has 0 spiro atoms. The van der Waals surface area contributed by atoms with E-state index in [-0.39, 0.29) is 72.7 Å². The molecular formula is C49H53ClN4O15S2. The van der Waals surface area contributed by atoms with Gasteiger partial charge in [-0.15, -0.1) is 9.45 Å². The monoisotopic (exact) mass is 1040 g/mol. The molecule has 4 N–H and O–H groups in total. The van der Waals surface area contributed by atoms with E-state index in [2.05, 4.69) is 37.2 Å². The number of hydrogen-bond acceptors (Lipinski definition) is 17. The van der Waals surface area contributed by atoms with Crippen molar-refractivity contribution in [1.29, 1.82) is 0 Å². The van der Waals surface area contributed by atoms with Crippen LogP contribution in [-0.2, 0) is 38.6 Å². The molecule has 5 aromatic rings. The molecule has 0 heterocycles. The molecule has 0 fully saturated rings. The van der Waals surface area contributed by atoms with Gasteiger partial charge in [0.15, 0.2) is 5.75 Å². The largest absolute Gasteiger partial charge is 0.497 e. The molecular weight excluding hydrogens is 984 g/mol. The van der Waals surface area contributed by atoms with E-state index in [0.717, 1.165) is 45.2 Å². The van der Waals surface area contributed by atoms with E-state index in [9.17, 15) is 36.9 Å². The lowest BCUT2D eigenvalue weighted by molar-refractivity contribution is -0.432. The Morgan fingerprint density at radius 2 is 1.39 bits per heavy atom. The Kier molecular flexibility index (Phi) is 21.3. The molecule has 22 heteroatoms. The summed E-state index contributed by atoms with van der Waals surface area (Å²) in [4.78, 5) is 65.0. The summed E-state index contributed by atoms with van der Waals surface area (Å²) in [6.45, 7) is 4.63. The second-order valence-electron chi connectivity index (χ2n) is 15.9. The zero-order valence-electron chi connectivity index (χ0n) is 39.2. The number of benzene rings is 5. The quantitative estimate of drug-likeness (QED) is 0.00364. The summed E-state index contributed by atoms with van der Waals surface area (Å²) in [5.41, 5.74) is -0.0304. The fraction of sp³-hybridized carbons (Fsp3) is 0.327. The fourth-order valence-corrected chi connectivity index (χ4v) is 8.29. The van der Waals surface area contributed by atoms with E-state index in [1.165, 1.54) is 118 Å². The molecule has 19 nitrogen and oxygen atoms in total. The summed E-state index contributed by atoms with van der Waals surface area (Å²) >= 11 is 6.83. The second kappa shape index (κ2) is 27.2. The number of carbonyl (C=O) groups excluding carboxylic acids is 5. The van der Waals surface area contributed by atoms with Gasteiger partial charge in [-0.1, -0.05) is 81.4 Å². The van der Waals surface area contributed by atoms with E-state index in [1.807, 2.05) is 0 Å². The molecule has 0 bridgehead atoms. The molecule has 0 aliphatic carbocycles. The molecule has 0 aromatic heterocycles. The molecule has 71 heavy (non-hydrogen) atoms. The van der Waals surface area contributed by atoms with Crippen LogP contribution in [0.5, 0.6) is 17.2 Å².